The van der Waals surface area contributed by atoms with Gasteiger partial charge >= 0.3 is 0 Å². The second-order valence-corrected chi connectivity index (χ2v) is 5.01. The minimum atomic E-state index is 0.159. The highest BCUT2D eigenvalue weighted by molar-refractivity contribution is 7.80. The van der Waals surface area contributed by atoms with Gasteiger partial charge in [-0.1, -0.05) is 12.2 Å². The Morgan fingerprint density at radius 2 is 2.39 bits per heavy atom. The second-order valence-electron chi connectivity index (χ2n) is 4.57. The minimum Gasteiger partial charge on any atom is -0.474 e. The van der Waals surface area contributed by atoms with Crippen LogP contribution in [0.25, 0.3) is 0 Å². The molecule has 0 amide bonds. The Kier molecular flexibility index (Phi) is 4.14. The van der Waals surface area contributed by atoms with E-state index in [1.807, 2.05) is 19.9 Å². The van der Waals surface area contributed by atoms with Gasteiger partial charge in [0.25, 0.3) is 0 Å². The lowest BCUT2D eigenvalue weighted by molar-refractivity contribution is 0.0662. The second kappa shape index (κ2) is 5.63. The summed E-state index contributed by atoms with van der Waals surface area (Å²) >= 11 is 5.06. The molecule has 1 aromatic rings. The molecule has 1 atom stereocenters. The maximum Gasteiger partial charge on any atom is 0.224 e. The van der Waals surface area contributed by atoms with Crippen LogP contribution in [0, 0.1) is 13.8 Å². The lowest BCUT2D eigenvalue weighted by Crippen LogP contribution is -2.20. The molecule has 1 aliphatic heterocycles. The first-order valence-electron chi connectivity index (χ1n) is 6.10. The molecule has 0 aromatic carbocycles. The SMILES string of the molecule is Cc1cc(C)c(C(N)=S)c(OCC2CCCO2)n1. The summed E-state index contributed by atoms with van der Waals surface area (Å²) in [6.45, 7) is 5.21. The van der Waals surface area contributed by atoms with Crippen LogP contribution in [-0.4, -0.2) is 29.3 Å². The molecule has 1 unspecified atom stereocenters. The van der Waals surface area contributed by atoms with E-state index in [4.69, 9.17) is 27.4 Å². The maximum atomic E-state index is 5.74. The number of aryl methyl sites for hydroxylation is 2. The van der Waals surface area contributed by atoms with E-state index >= 15 is 0 Å². The number of hydrogen-bond acceptors (Lipinski definition) is 4. The number of nitrogens with zero attached hydrogens (tertiary/aromatic N) is 1. The standard InChI is InChI=1S/C13H18N2O2S/c1-8-6-9(2)15-13(11(8)12(14)18)17-7-10-4-3-5-16-10/h6,10H,3-5,7H2,1-2H3,(H2,14,18). The Labute approximate surface area is 112 Å². The van der Waals surface area contributed by atoms with Crippen LogP contribution in [-0.2, 0) is 4.74 Å². The maximum absolute atomic E-state index is 5.74. The zero-order valence-electron chi connectivity index (χ0n) is 10.7. The summed E-state index contributed by atoms with van der Waals surface area (Å²) in [6.07, 6.45) is 2.29. The third-order valence-electron chi connectivity index (χ3n) is 2.99. The molecule has 0 radical (unpaired) electrons. The molecule has 1 saturated heterocycles. The number of aromatic nitrogens is 1. The van der Waals surface area contributed by atoms with E-state index in [9.17, 15) is 0 Å². The molecule has 2 heterocycles. The molecule has 1 aromatic heterocycles. The van der Waals surface area contributed by atoms with Crippen LogP contribution in [0.15, 0.2) is 6.07 Å². The van der Waals surface area contributed by atoms with Crippen molar-refractivity contribution < 1.29 is 9.47 Å². The summed E-state index contributed by atoms with van der Waals surface area (Å²) in [5, 5.41) is 0. The van der Waals surface area contributed by atoms with Gasteiger partial charge in [0.05, 0.1) is 11.7 Å². The van der Waals surface area contributed by atoms with Gasteiger partial charge in [-0.05, 0) is 38.3 Å². The fourth-order valence-electron chi connectivity index (χ4n) is 2.15. The molecular formula is C13H18N2O2S. The summed E-state index contributed by atoms with van der Waals surface area (Å²) in [6, 6.07) is 1.95. The average Bonchev–Trinajstić information content (AvgIpc) is 2.77. The number of ether oxygens (including phenoxy) is 2. The van der Waals surface area contributed by atoms with Crippen molar-refractivity contribution in [2.24, 2.45) is 5.73 Å². The van der Waals surface area contributed by atoms with Gasteiger partial charge in [-0.25, -0.2) is 4.98 Å². The molecule has 2 rings (SSSR count). The molecule has 1 fully saturated rings. The van der Waals surface area contributed by atoms with Crippen molar-refractivity contribution in [2.75, 3.05) is 13.2 Å². The highest BCUT2D eigenvalue weighted by Gasteiger charge is 2.19. The highest BCUT2D eigenvalue weighted by Crippen LogP contribution is 2.22. The molecule has 2 N–H and O–H groups in total. The lowest BCUT2D eigenvalue weighted by atomic mass is 10.1. The van der Waals surface area contributed by atoms with Gasteiger partial charge in [-0.3, -0.25) is 0 Å². The van der Waals surface area contributed by atoms with E-state index < -0.39 is 0 Å². The van der Waals surface area contributed by atoms with E-state index in [-0.39, 0.29) is 6.10 Å². The molecule has 5 heteroatoms. The summed E-state index contributed by atoms with van der Waals surface area (Å²) in [5.41, 5.74) is 8.36. The summed E-state index contributed by atoms with van der Waals surface area (Å²) in [4.78, 5) is 4.69. The third-order valence-corrected chi connectivity index (χ3v) is 3.19. The van der Waals surface area contributed by atoms with E-state index in [1.54, 1.807) is 0 Å². The summed E-state index contributed by atoms with van der Waals surface area (Å²) < 4.78 is 11.3. The molecule has 0 spiro atoms. The minimum absolute atomic E-state index is 0.159. The van der Waals surface area contributed by atoms with Crippen molar-refractivity contribution in [3.05, 3.63) is 22.9 Å². The zero-order chi connectivity index (χ0) is 13.1. The Morgan fingerprint density at radius 3 is 3.00 bits per heavy atom. The predicted octanol–water partition coefficient (Wildman–Crippen LogP) is 1.89. The fraction of sp³-hybridized carbons (Fsp3) is 0.538. The largest absolute Gasteiger partial charge is 0.474 e. The van der Waals surface area contributed by atoms with Crippen molar-refractivity contribution >= 4 is 17.2 Å². The van der Waals surface area contributed by atoms with Crippen LogP contribution in [0.5, 0.6) is 5.88 Å². The third kappa shape index (κ3) is 2.97. The van der Waals surface area contributed by atoms with Crippen LogP contribution in [0.1, 0.15) is 29.7 Å². The first-order valence-corrected chi connectivity index (χ1v) is 6.51. The summed E-state index contributed by atoms with van der Waals surface area (Å²) in [5.74, 6) is 0.524. The molecule has 1 aliphatic rings. The van der Waals surface area contributed by atoms with Gasteiger partial charge in [-0.2, -0.15) is 0 Å². The monoisotopic (exact) mass is 266 g/mol. The quantitative estimate of drug-likeness (QED) is 0.843. The first-order chi connectivity index (χ1) is 8.58. The van der Waals surface area contributed by atoms with Crippen molar-refractivity contribution in [2.45, 2.75) is 32.8 Å². The number of rotatable bonds is 4. The smallest absolute Gasteiger partial charge is 0.224 e. The van der Waals surface area contributed by atoms with Gasteiger partial charge in [0, 0.05) is 12.3 Å². The summed E-state index contributed by atoms with van der Waals surface area (Å²) in [7, 11) is 0. The van der Waals surface area contributed by atoms with Gasteiger partial charge in [0.1, 0.15) is 11.6 Å². The van der Waals surface area contributed by atoms with Gasteiger partial charge < -0.3 is 15.2 Å². The normalized spacial score (nSPS) is 18.9. The number of nitrogens with two attached hydrogens (primary N) is 1. The highest BCUT2D eigenvalue weighted by atomic mass is 32.1. The average molecular weight is 266 g/mol. The number of pyridine rings is 1. The molecule has 18 heavy (non-hydrogen) atoms. The van der Waals surface area contributed by atoms with Crippen LogP contribution in [0.2, 0.25) is 0 Å². The topological polar surface area (TPSA) is 57.4 Å². The molecule has 4 nitrogen and oxygen atoms in total. The lowest BCUT2D eigenvalue weighted by Gasteiger charge is -2.15. The van der Waals surface area contributed by atoms with Crippen molar-refractivity contribution in [3.8, 4) is 5.88 Å². The Hall–Kier alpha value is -1.20. The molecule has 98 valence electrons. The van der Waals surface area contributed by atoms with Crippen LogP contribution < -0.4 is 10.5 Å². The van der Waals surface area contributed by atoms with E-state index in [2.05, 4.69) is 4.98 Å². The van der Waals surface area contributed by atoms with Crippen LogP contribution in [0.3, 0.4) is 0 Å². The van der Waals surface area contributed by atoms with Gasteiger partial charge in [0.15, 0.2) is 0 Å². The van der Waals surface area contributed by atoms with Crippen LogP contribution in [0.4, 0.5) is 0 Å². The van der Waals surface area contributed by atoms with Gasteiger partial charge in [0.2, 0.25) is 5.88 Å². The Bertz CT molecular complexity index is 457. The molecule has 0 saturated carbocycles. The Balaban J connectivity index is 2.16. The number of hydrogen-bond donors (Lipinski definition) is 1. The first kappa shape index (κ1) is 13.2. The van der Waals surface area contributed by atoms with Crippen molar-refractivity contribution in [1.29, 1.82) is 0 Å². The molecule has 0 bridgehead atoms. The Morgan fingerprint density at radius 1 is 1.61 bits per heavy atom. The van der Waals surface area contributed by atoms with Crippen molar-refractivity contribution in [1.82, 2.24) is 4.98 Å². The van der Waals surface area contributed by atoms with E-state index in [0.29, 0.717) is 17.5 Å². The zero-order valence-corrected chi connectivity index (χ0v) is 11.5. The number of thiocarbonyl (C=S) groups is 1. The molecule has 0 aliphatic carbocycles. The van der Waals surface area contributed by atoms with E-state index in [0.717, 1.165) is 36.3 Å². The van der Waals surface area contributed by atoms with E-state index in [1.165, 1.54) is 0 Å². The van der Waals surface area contributed by atoms with Crippen LogP contribution >= 0.6 is 12.2 Å². The van der Waals surface area contributed by atoms with Gasteiger partial charge in [-0.15, -0.1) is 0 Å². The molecular weight excluding hydrogens is 248 g/mol. The predicted molar refractivity (Wildman–Crippen MR) is 74.1 cm³/mol. The van der Waals surface area contributed by atoms with Crippen molar-refractivity contribution in [3.63, 3.8) is 0 Å². The fourth-order valence-corrected chi connectivity index (χ4v) is 2.40.